The number of hydrogen-bond acceptors (Lipinski definition) is 7. The molecule has 4 rings (SSSR count). The summed E-state index contributed by atoms with van der Waals surface area (Å²) in [5, 5.41) is -0.467. The number of alkyl halides is 3. The maximum absolute atomic E-state index is 13.4. The highest BCUT2D eigenvalue weighted by Crippen LogP contribution is 2.38. The molecular weight excluding hydrogens is 397 g/mol. The number of rotatable bonds is 4. The topological polar surface area (TPSA) is 70.5 Å². The highest BCUT2D eigenvalue weighted by atomic mass is 32.2. The summed E-state index contributed by atoms with van der Waals surface area (Å²) in [5.41, 5.74) is -0.411. The standard InChI is InChI=1S/C18H15F3N2O4S/c1-25-10-4-2-9(3-5-10)11-6-15(18(19,20)21)23-17(22-11)28-14-7-12(24)16-26-8-13(14)27-16/h2-6,13-14,16H,7-8H2,1H3/t13-,14-,16+/m1/s1. The van der Waals surface area contributed by atoms with Crippen LogP contribution in [0.2, 0.25) is 0 Å². The summed E-state index contributed by atoms with van der Waals surface area (Å²) in [6, 6.07) is 7.43. The number of hydrogen-bond donors (Lipinski definition) is 0. The van der Waals surface area contributed by atoms with Crippen LogP contribution in [0.3, 0.4) is 0 Å². The third kappa shape index (κ3) is 3.85. The number of ether oxygens (including phenoxy) is 3. The Bertz CT molecular complexity index is 891. The predicted molar refractivity (Wildman–Crippen MR) is 92.9 cm³/mol. The quantitative estimate of drug-likeness (QED) is 0.714. The number of ketones is 1. The van der Waals surface area contributed by atoms with Gasteiger partial charge < -0.3 is 14.2 Å². The number of methoxy groups -OCH3 is 1. The number of carbonyl (C=O) groups is 1. The Labute approximate surface area is 162 Å². The van der Waals surface area contributed by atoms with Gasteiger partial charge in [0, 0.05) is 17.2 Å². The molecule has 0 amide bonds. The van der Waals surface area contributed by atoms with E-state index in [2.05, 4.69) is 9.97 Å². The second-order valence-electron chi connectivity index (χ2n) is 6.31. The molecule has 0 radical (unpaired) electrons. The molecule has 2 fully saturated rings. The lowest BCUT2D eigenvalue weighted by molar-refractivity contribution is -0.151. The fourth-order valence-corrected chi connectivity index (χ4v) is 4.11. The van der Waals surface area contributed by atoms with E-state index in [-0.39, 0.29) is 35.8 Å². The lowest BCUT2D eigenvalue weighted by Crippen LogP contribution is -2.37. The zero-order chi connectivity index (χ0) is 19.9. The fourth-order valence-electron chi connectivity index (χ4n) is 2.99. The first-order valence-corrected chi connectivity index (χ1v) is 9.28. The molecule has 148 valence electrons. The van der Waals surface area contributed by atoms with E-state index >= 15 is 0 Å². The normalized spacial score (nSPS) is 24.4. The molecule has 2 aromatic rings. The van der Waals surface area contributed by atoms with Gasteiger partial charge in [-0.05, 0) is 30.3 Å². The lowest BCUT2D eigenvalue weighted by Gasteiger charge is -2.25. The second-order valence-corrected chi connectivity index (χ2v) is 7.52. The van der Waals surface area contributed by atoms with E-state index in [1.807, 2.05) is 0 Å². The molecule has 6 nitrogen and oxygen atoms in total. The highest BCUT2D eigenvalue weighted by Gasteiger charge is 2.44. The van der Waals surface area contributed by atoms with Crippen molar-refractivity contribution in [2.75, 3.05) is 13.7 Å². The van der Waals surface area contributed by atoms with Crippen molar-refractivity contribution in [3.8, 4) is 17.0 Å². The number of nitrogens with zero attached hydrogens (tertiary/aromatic N) is 2. The Balaban J connectivity index is 1.67. The minimum Gasteiger partial charge on any atom is -0.497 e. The summed E-state index contributed by atoms with van der Waals surface area (Å²) in [6.45, 7) is 0.221. The molecule has 1 aromatic carbocycles. The van der Waals surface area contributed by atoms with E-state index in [1.54, 1.807) is 24.3 Å². The van der Waals surface area contributed by atoms with Gasteiger partial charge in [-0.3, -0.25) is 4.79 Å². The summed E-state index contributed by atoms with van der Waals surface area (Å²) in [7, 11) is 1.50. The summed E-state index contributed by atoms with van der Waals surface area (Å²) < 4.78 is 55.8. The Morgan fingerprint density at radius 1 is 1.21 bits per heavy atom. The molecular formula is C18H15F3N2O4S. The van der Waals surface area contributed by atoms with E-state index in [1.165, 1.54) is 7.11 Å². The van der Waals surface area contributed by atoms with Crippen molar-refractivity contribution in [2.45, 2.75) is 35.4 Å². The van der Waals surface area contributed by atoms with Gasteiger partial charge in [-0.2, -0.15) is 13.2 Å². The molecule has 0 spiro atoms. The van der Waals surface area contributed by atoms with Crippen LogP contribution in [0.1, 0.15) is 12.1 Å². The molecule has 2 aliphatic heterocycles. The number of carbonyl (C=O) groups excluding carboxylic acids is 1. The monoisotopic (exact) mass is 412 g/mol. The molecule has 0 aliphatic carbocycles. The van der Waals surface area contributed by atoms with E-state index in [4.69, 9.17) is 14.2 Å². The molecule has 3 heterocycles. The van der Waals surface area contributed by atoms with Crippen LogP contribution < -0.4 is 4.74 Å². The molecule has 2 bridgehead atoms. The number of Topliss-reactive ketones (excluding diaryl/α,β-unsaturated/α-hetero) is 1. The third-order valence-corrected chi connectivity index (χ3v) is 5.60. The van der Waals surface area contributed by atoms with Crippen molar-refractivity contribution in [1.82, 2.24) is 9.97 Å². The Hall–Kier alpha value is -2.17. The third-order valence-electron chi connectivity index (χ3n) is 4.43. The van der Waals surface area contributed by atoms with Crippen molar-refractivity contribution < 1.29 is 32.2 Å². The van der Waals surface area contributed by atoms with E-state index in [9.17, 15) is 18.0 Å². The molecule has 0 unspecified atom stereocenters. The fraction of sp³-hybridized carbons (Fsp3) is 0.389. The van der Waals surface area contributed by atoms with Gasteiger partial charge in [0.25, 0.3) is 0 Å². The van der Waals surface area contributed by atoms with Gasteiger partial charge in [-0.15, -0.1) is 0 Å². The molecule has 3 atom stereocenters. The minimum absolute atomic E-state index is 0.0626. The molecule has 2 aliphatic rings. The first kappa shape index (κ1) is 19.2. The molecule has 28 heavy (non-hydrogen) atoms. The molecule has 0 saturated carbocycles. The zero-order valence-electron chi connectivity index (χ0n) is 14.6. The van der Waals surface area contributed by atoms with Crippen molar-refractivity contribution in [3.63, 3.8) is 0 Å². The van der Waals surface area contributed by atoms with Gasteiger partial charge in [0.05, 0.1) is 25.5 Å². The van der Waals surface area contributed by atoms with Crippen LogP contribution in [0.25, 0.3) is 11.3 Å². The predicted octanol–water partition coefficient (Wildman–Crippen LogP) is 3.35. The van der Waals surface area contributed by atoms with Gasteiger partial charge in [0.1, 0.15) is 11.4 Å². The van der Waals surface area contributed by atoms with E-state index in [0.717, 1.165) is 17.8 Å². The summed E-state index contributed by atoms with van der Waals surface area (Å²) in [6.07, 6.45) is -5.73. The smallest absolute Gasteiger partial charge is 0.433 e. The zero-order valence-corrected chi connectivity index (χ0v) is 15.4. The molecule has 10 heteroatoms. The maximum Gasteiger partial charge on any atom is 0.433 e. The van der Waals surface area contributed by atoms with Crippen LogP contribution in [0.4, 0.5) is 13.2 Å². The first-order valence-electron chi connectivity index (χ1n) is 8.40. The van der Waals surface area contributed by atoms with Crippen LogP contribution in [-0.4, -0.2) is 47.1 Å². The van der Waals surface area contributed by atoms with Crippen LogP contribution in [0.15, 0.2) is 35.5 Å². The second kappa shape index (κ2) is 7.34. The Morgan fingerprint density at radius 2 is 1.96 bits per heavy atom. The van der Waals surface area contributed by atoms with Crippen LogP contribution in [0.5, 0.6) is 5.75 Å². The average molecular weight is 412 g/mol. The van der Waals surface area contributed by atoms with Gasteiger partial charge >= 0.3 is 6.18 Å². The van der Waals surface area contributed by atoms with Crippen LogP contribution in [-0.2, 0) is 20.4 Å². The molecule has 0 N–H and O–H groups in total. The van der Waals surface area contributed by atoms with Gasteiger partial charge in [0.2, 0.25) is 6.29 Å². The molecule has 1 aromatic heterocycles. The number of aromatic nitrogens is 2. The van der Waals surface area contributed by atoms with Gasteiger partial charge in [0.15, 0.2) is 10.9 Å². The van der Waals surface area contributed by atoms with Crippen molar-refractivity contribution in [3.05, 3.63) is 36.0 Å². The Morgan fingerprint density at radius 3 is 2.64 bits per heavy atom. The maximum atomic E-state index is 13.4. The largest absolute Gasteiger partial charge is 0.497 e. The van der Waals surface area contributed by atoms with Crippen molar-refractivity contribution >= 4 is 17.5 Å². The number of fused-ring (bicyclic) bond motifs is 2. The van der Waals surface area contributed by atoms with Crippen LogP contribution in [0, 0.1) is 0 Å². The summed E-state index contributed by atoms with van der Waals surface area (Å²) >= 11 is 1.00. The number of halogens is 3. The summed E-state index contributed by atoms with van der Waals surface area (Å²) in [4.78, 5) is 19.9. The van der Waals surface area contributed by atoms with Gasteiger partial charge in [-0.25, -0.2) is 9.97 Å². The first-order chi connectivity index (χ1) is 13.3. The van der Waals surface area contributed by atoms with Gasteiger partial charge in [-0.1, -0.05) is 11.8 Å². The van der Waals surface area contributed by atoms with Crippen molar-refractivity contribution in [1.29, 1.82) is 0 Å². The van der Waals surface area contributed by atoms with E-state index in [0.29, 0.717) is 11.3 Å². The lowest BCUT2D eigenvalue weighted by atomic mass is 10.1. The minimum atomic E-state index is -4.63. The van der Waals surface area contributed by atoms with E-state index < -0.39 is 23.4 Å². The molecule has 2 saturated heterocycles. The Kier molecular flexibility index (Phi) is 5.02. The van der Waals surface area contributed by atoms with Crippen molar-refractivity contribution in [2.24, 2.45) is 0 Å². The average Bonchev–Trinajstić information content (AvgIpc) is 3.11. The number of thioether (sulfide) groups is 1. The van der Waals surface area contributed by atoms with Crippen LogP contribution >= 0.6 is 11.8 Å². The summed E-state index contributed by atoms with van der Waals surface area (Å²) in [5.74, 6) is 0.353. The highest BCUT2D eigenvalue weighted by molar-refractivity contribution is 7.99. The SMILES string of the molecule is COc1ccc(-c2cc(C(F)(F)F)nc(S[C@@H]3CC(=O)[C@H]4OC[C@H]3O4)n2)cc1. The number of benzene rings is 1.